The Hall–Kier alpha value is -2.52. The highest BCUT2D eigenvalue weighted by molar-refractivity contribution is 7.09. The zero-order valence-electron chi connectivity index (χ0n) is 18.0. The van der Waals surface area contributed by atoms with Gasteiger partial charge in [-0.2, -0.15) is 5.10 Å². The van der Waals surface area contributed by atoms with Gasteiger partial charge in [0.1, 0.15) is 5.56 Å². The van der Waals surface area contributed by atoms with Crippen molar-refractivity contribution in [1.29, 1.82) is 0 Å². The predicted octanol–water partition coefficient (Wildman–Crippen LogP) is 2.93. The van der Waals surface area contributed by atoms with Crippen LogP contribution in [0, 0.1) is 13.8 Å². The number of hydrogen-bond donors (Lipinski definition) is 0. The van der Waals surface area contributed by atoms with Gasteiger partial charge in [0.25, 0.3) is 0 Å². The Morgan fingerprint density at radius 3 is 2.80 bits per heavy atom. The molecule has 8 nitrogen and oxygen atoms in total. The molecule has 0 aliphatic carbocycles. The number of anilines is 1. The zero-order valence-corrected chi connectivity index (χ0v) is 18.8. The van der Waals surface area contributed by atoms with Crippen LogP contribution >= 0.6 is 11.3 Å². The first kappa shape index (κ1) is 20.7. The molecule has 1 saturated heterocycles. The number of aryl methyl sites for hydroxylation is 3. The predicted molar refractivity (Wildman–Crippen MR) is 118 cm³/mol. The highest BCUT2D eigenvalue weighted by Crippen LogP contribution is 2.33. The number of pyridine rings is 1. The van der Waals surface area contributed by atoms with Crippen molar-refractivity contribution in [2.75, 3.05) is 37.7 Å². The normalized spacial score (nSPS) is 15.5. The van der Waals surface area contributed by atoms with E-state index in [1.54, 1.807) is 22.2 Å². The maximum absolute atomic E-state index is 12.7. The summed E-state index contributed by atoms with van der Waals surface area (Å²) in [6.45, 7) is 10.6. The van der Waals surface area contributed by atoms with E-state index in [-0.39, 0.29) is 5.97 Å². The third-order valence-electron chi connectivity index (χ3n) is 5.45. The van der Waals surface area contributed by atoms with Gasteiger partial charge in [-0.3, -0.25) is 9.58 Å². The molecule has 0 bridgehead atoms. The third-order valence-corrected chi connectivity index (χ3v) is 6.27. The second-order valence-electron chi connectivity index (χ2n) is 7.62. The second kappa shape index (κ2) is 8.69. The van der Waals surface area contributed by atoms with Crippen molar-refractivity contribution in [2.45, 2.75) is 33.7 Å². The molecule has 1 aliphatic heterocycles. The molecule has 4 rings (SSSR count). The molecule has 0 N–H and O–H groups in total. The van der Waals surface area contributed by atoms with Crippen molar-refractivity contribution in [3.63, 3.8) is 0 Å². The summed E-state index contributed by atoms with van der Waals surface area (Å²) < 4.78 is 7.11. The van der Waals surface area contributed by atoms with Crippen molar-refractivity contribution < 1.29 is 9.53 Å². The van der Waals surface area contributed by atoms with E-state index in [4.69, 9.17) is 4.74 Å². The van der Waals surface area contributed by atoms with Crippen LogP contribution < -0.4 is 4.90 Å². The van der Waals surface area contributed by atoms with Crippen LogP contribution in [-0.4, -0.2) is 63.4 Å². The quantitative estimate of drug-likeness (QED) is 0.578. The number of nitrogens with zero attached hydrogens (tertiary/aromatic N) is 6. The lowest BCUT2D eigenvalue weighted by Gasteiger charge is -2.26. The maximum Gasteiger partial charge on any atom is 0.341 e. The fourth-order valence-electron chi connectivity index (χ4n) is 4.14. The Balaban J connectivity index is 1.65. The van der Waals surface area contributed by atoms with Crippen LogP contribution in [0.5, 0.6) is 0 Å². The van der Waals surface area contributed by atoms with Crippen LogP contribution in [0.4, 0.5) is 5.69 Å². The Morgan fingerprint density at radius 1 is 1.23 bits per heavy atom. The minimum absolute atomic E-state index is 0.329. The minimum Gasteiger partial charge on any atom is -0.462 e. The zero-order chi connectivity index (χ0) is 21.3. The van der Waals surface area contributed by atoms with Crippen molar-refractivity contribution in [3.05, 3.63) is 33.5 Å². The third kappa shape index (κ3) is 4.04. The maximum atomic E-state index is 12.7. The van der Waals surface area contributed by atoms with Gasteiger partial charge in [-0.25, -0.2) is 14.8 Å². The Bertz CT molecular complexity index is 1060. The Labute approximate surface area is 180 Å². The van der Waals surface area contributed by atoms with Crippen LogP contribution in [0.1, 0.15) is 40.1 Å². The lowest BCUT2D eigenvalue weighted by molar-refractivity contribution is 0.0527. The number of carbonyl (C=O) groups is 1. The average molecular weight is 429 g/mol. The fraction of sp³-hybridized carbons (Fsp3) is 0.524. The molecule has 1 aliphatic rings. The molecule has 0 aromatic carbocycles. The molecule has 3 aromatic heterocycles. The molecule has 9 heteroatoms. The monoisotopic (exact) mass is 428 g/mol. The van der Waals surface area contributed by atoms with Crippen molar-refractivity contribution in [2.24, 2.45) is 7.05 Å². The summed E-state index contributed by atoms with van der Waals surface area (Å²) >= 11 is 1.69. The van der Waals surface area contributed by atoms with Gasteiger partial charge in [0, 0.05) is 51.3 Å². The molecule has 0 atom stereocenters. The molecule has 0 unspecified atom stereocenters. The van der Waals surface area contributed by atoms with Gasteiger partial charge in [0.2, 0.25) is 0 Å². The summed E-state index contributed by atoms with van der Waals surface area (Å²) in [5, 5.41) is 8.73. The van der Waals surface area contributed by atoms with E-state index >= 15 is 0 Å². The molecular formula is C21H28N6O2S. The molecule has 160 valence electrons. The van der Waals surface area contributed by atoms with Crippen LogP contribution in [0.2, 0.25) is 0 Å². The number of carbonyl (C=O) groups excluding carboxylic acids is 1. The molecule has 0 spiro atoms. The van der Waals surface area contributed by atoms with E-state index in [1.807, 2.05) is 27.8 Å². The van der Waals surface area contributed by atoms with Gasteiger partial charge in [0.15, 0.2) is 5.65 Å². The van der Waals surface area contributed by atoms with Crippen LogP contribution in [0.15, 0.2) is 11.6 Å². The summed E-state index contributed by atoms with van der Waals surface area (Å²) in [4.78, 5) is 26.6. The summed E-state index contributed by atoms with van der Waals surface area (Å²) in [6.07, 6.45) is 2.64. The number of hydrogen-bond acceptors (Lipinski definition) is 8. The molecule has 4 heterocycles. The lowest BCUT2D eigenvalue weighted by atomic mass is 10.1. The molecule has 1 fully saturated rings. The number of fused-ring (bicyclic) bond motifs is 1. The van der Waals surface area contributed by atoms with Crippen molar-refractivity contribution in [3.8, 4) is 0 Å². The van der Waals surface area contributed by atoms with E-state index in [9.17, 15) is 4.79 Å². The van der Waals surface area contributed by atoms with E-state index in [2.05, 4.69) is 30.2 Å². The minimum atomic E-state index is -0.329. The van der Waals surface area contributed by atoms with Crippen LogP contribution in [-0.2, 0) is 18.3 Å². The van der Waals surface area contributed by atoms with E-state index in [1.165, 1.54) is 0 Å². The van der Waals surface area contributed by atoms with Crippen molar-refractivity contribution >= 4 is 34.0 Å². The number of rotatable bonds is 5. The first-order valence-corrected chi connectivity index (χ1v) is 11.2. The largest absolute Gasteiger partial charge is 0.462 e. The SMILES string of the molecule is CCOC(=O)c1cnc2c(c(C)nn2C)c1N1CCCN(Cc2csc(C)n2)CC1. The Kier molecular flexibility index (Phi) is 6.01. The van der Waals surface area contributed by atoms with E-state index in [0.717, 1.165) is 72.3 Å². The molecule has 0 saturated carbocycles. The van der Waals surface area contributed by atoms with Crippen molar-refractivity contribution in [1.82, 2.24) is 24.6 Å². The summed E-state index contributed by atoms with van der Waals surface area (Å²) in [5.41, 5.74) is 4.21. The topological polar surface area (TPSA) is 76.4 Å². The smallest absolute Gasteiger partial charge is 0.341 e. The van der Waals surface area contributed by atoms with Gasteiger partial charge in [0.05, 0.1) is 34.1 Å². The van der Waals surface area contributed by atoms with Gasteiger partial charge in [-0.05, 0) is 27.2 Å². The van der Waals surface area contributed by atoms with Gasteiger partial charge in [-0.15, -0.1) is 11.3 Å². The van der Waals surface area contributed by atoms with Crippen LogP contribution in [0.3, 0.4) is 0 Å². The highest BCUT2D eigenvalue weighted by Gasteiger charge is 2.26. The average Bonchev–Trinajstić information content (AvgIpc) is 3.15. The van der Waals surface area contributed by atoms with Gasteiger partial charge in [-0.1, -0.05) is 0 Å². The summed E-state index contributed by atoms with van der Waals surface area (Å²) in [6, 6.07) is 0. The molecule has 30 heavy (non-hydrogen) atoms. The summed E-state index contributed by atoms with van der Waals surface area (Å²) in [5.74, 6) is -0.329. The number of ether oxygens (including phenoxy) is 1. The standard InChI is InChI=1S/C21H28N6O2S/c1-5-29-21(28)17-11-22-20-18(14(2)24-25(20)4)19(17)27-8-6-7-26(9-10-27)12-16-13-30-15(3)23-16/h11,13H,5-10,12H2,1-4H3. The number of esters is 1. The second-order valence-corrected chi connectivity index (χ2v) is 8.69. The first-order valence-electron chi connectivity index (χ1n) is 10.4. The van der Waals surface area contributed by atoms with E-state index < -0.39 is 0 Å². The summed E-state index contributed by atoms with van der Waals surface area (Å²) in [7, 11) is 1.89. The number of thiazole rings is 1. The molecule has 3 aromatic rings. The Morgan fingerprint density at radius 2 is 2.07 bits per heavy atom. The van der Waals surface area contributed by atoms with Gasteiger partial charge >= 0.3 is 5.97 Å². The lowest BCUT2D eigenvalue weighted by Crippen LogP contribution is -2.32. The van der Waals surface area contributed by atoms with E-state index in [0.29, 0.717) is 12.2 Å². The molecule has 0 radical (unpaired) electrons. The number of aromatic nitrogens is 4. The molecular weight excluding hydrogens is 400 g/mol. The van der Waals surface area contributed by atoms with Gasteiger partial charge < -0.3 is 9.64 Å². The first-order chi connectivity index (χ1) is 14.5. The fourth-order valence-corrected chi connectivity index (χ4v) is 4.75. The van der Waals surface area contributed by atoms with Crippen LogP contribution in [0.25, 0.3) is 11.0 Å². The molecule has 0 amide bonds. The highest BCUT2D eigenvalue weighted by atomic mass is 32.1.